The molecule has 3 aliphatic rings. The van der Waals surface area contributed by atoms with Crippen molar-refractivity contribution in [1.29, 1.82) is 0 Å². The van der Waals surface area contributed by atoms with Crippen molar-refractivity contribution in [3.8, 4) is 0 Å². The molecule has 2 heterocycles. The lowest BCUT2D eigenvalue weighted by molar-refractivity contribution is -0.384. The van der Waals surface area contributed by atoms with Crippen LogP contribution >= 0.6 is 0 Å². The summed E-state index contributed by atoms with van der Waals surface area (Å²) in [5.74, 6) is -0.843. The fraction of sp³-hybridized carbons (Fsp3) is 0.294. The summed E-state index contributed by atoms with van der Waals surface area (Å²) in [7, 11) is 0. The molecule has 0 amide bonds. The van der Waals surface area contributed by atoms with Gasteiger partial charge in [0.25, 0.3) is 12.0 Å². The Balaban J connectivity index is 1.41. The van der Waals surface area contributed by atoms with E-state index in [-0.39, 0.29) is 41.6 Å². The van der Waals surface area contributed by atoms with E-state index in [9.17, 15) is 19.7 Å². The zero-order valence-electron chi connectivity index (χ0n) is 12.9. The first-order chi connectivity index (χ1) is 12.0. The van der Waals surface area contributed by atoms with E-state index in [4.69, 9.17) is 14.2 Å². The third-order valence-electron chi connectivity index (χ3n) is 4.52. The molecule has 0 N–H and O–H groups in total. The van der Waals surface area contributed by atoms with Gasteiger partial charge in [-0.05, 0) is 18.2 Å². The highest BCUT2D eigenvalue weighted by atomic mass is 16.7. The summed E-state index contributed by atoms with van der Waals surface area (Å²) in [6.07, 6.45) is 4.85. The van der Waals surface area contributed by atoms with Gasteiger partial charge in [-0.1, -0.05) is 12.2 Å². The summed E-state index contributed by atoms with van der Waals surface area (Å²) in [6.45, 7) is -0.0974. The molecule has 4 bridgehead atoms. The summed E-state index contributed by atoms with van der Waals surface area (Å²) in [4.78, 5) is 33.9. The SMILES string of the molecule is O=C(OCC1=C[C@H]2[C@@H]3C=C[C@H]2C(=O)O[C@@H]3O1)c1ccc([N+](=O)[O-])cc1. The van der Waals surface area contributed by atoms with Crippen LogP contribution in [0.25, 0.3) is 0 Å². The third kappa shape index (κ3) is 2.65. The molecule has 0 aromatic heterocycles. The molecule has 1 aliphatic carbocycles. The fourth-order valence-electron chi connectivity index (χ4n) is 3.27. The Bertz CT molecular complexity index is 811. The van der Waals surface area contributed by atoms with Gasteiger partial charge >= 0.3 is 11.9 Å². The number of hydrogen-bond acceptors (Lipinski definition) is 7. The van der Waals surface area contributed by atoms with E-state index in [1.165, 1.54) is 24.3 Å². The molecule has 1 saturated heterocycles. The van der Waals surface area contributed by atoms with Crippen LogP contribution < -0.4 is 0 Å². The highest BCUT2D eigenvalue weighted by molar-refractivity contribution is 5.89. The normalized spacial score (nSPS) is 28.6. The second-order valence-electron chi connectivity index (χ2n) is 6.00. The molecule has 1 fully saturated rings. The first-order valence-corrected chi connectivity index (χ1v) is 7.71. The second-order valence-corrected chi connectivity index (χ2v) is 6.00. The van der Waals surface area contributed by atoms with Gasteiger partial charge in [-0.15, -0.1) is 0 Å². The van der Waals surface area contributed by atoms with E-state index in [0.29, 0.717) is 5.76 Å². The number of carbonyl (C=O) groups excluding carboxylic acids is 2. The van der Waals surface area contributed by atoms with Crippen molar-refractivity contribution in [2.75, 3.05) is 6.61 Å². The number of carbonyl (C=O) groups is 2. The number of benzene rings is 1. The molecule has 25 heavy (non-hydrogen) atoms. The number of ether oxygens (including phenoxy) is 3. The quantitative estimate of drug-likeness (QED) is 0.356. The van der Waals surface area contributed by atoms with Crippen molar-refractivity contribution in [3.63, 3.8) is 0 Å². The topological polar surface area (TPSA) is 105 Å². The molecule has 4 atom stereocenters. The van der Waals surface area contributed by atoms with Crippen LogP contribution in [0.15, 0.2) is 48.3 Å². The smallest absolute Gasteiger partial charge is 0.338 e. The van der Waals surface area contributed by atoms with Crippen molar-refractivity contribution < 1.29 is 28.7 Å². The maximum atomic E-state index is 12.0. The van der Waals surface area contributed by atoms with Gasteiger partial charge in [0.15, 0.2) is 0 Å². The molecular formula is C17H13NO7. The van der Waals surface area contributed by atoms with Gasteiger partial charge in [0, 0.05) is 18.1 Å². The first kappa shape index (κ1) is 15.4. The Morgan fingerprint density at radius 2 is 1.92 bits per heavy atom. The second kappa shape index (κ2) is 5.73. The van der Waals surface area contributed by atoms with Crippen LogP contribution in [0.1, 0.15) is 10.4 Å². The van der Waals surface area contributed by atoms with Crippen molar-refractivity contribution in [1.82, 2.24) is 0 Å². The lowest BCUT2D eigenvalue weighted by Crippen LogP contribution is -2.44. The van der Waals surface area contributed by atoms with Crippen LogP contribution in [0.2, 0.25) is 0 Å². The number of nitrogens with zero attached hydrogens (tertiary/aromatic N) is 1. The van der Waals surface area contributed by atoms with Gasteiger partial charge in [0.05, 0.1) is 22.3 Å². The Morgan fingerprint density at radius 3 is 2.64 bits per heavy atom. The summed E-state index contributed by atoms with van der Waals surface area (Å²) in [6, 6.07) is 5.13. The third-order valence-corrected chi connectivity index (χ3v) is 4.52. The standard InChI is InChI=1S/C17H13NO7/c19-15(9-1-3-10(4-2-9)18(21)22)23-8-11-7-14-12-5-6-13(14)17(24-11)25-16(12)20/h1-7,12-14,17H,8H2/t12-,13+,14-,17+/m1/s1. The largest absolute Gasteiger partial charge is 0.455 e. The number of nitro benzene ring substituents is 1. The summed E-state index contributed by atoms with van der Waals surface area (Å²) in [5.41, 5.74) is 0.0999. The van der Waals surface area contributed by atoms with Crippen LogP contribution in [0.5, 0.6) is 0 Å². The lowest BCUT2D eigenvalue weighted by atomic mass is 9.83. The summed E-state index contributed by atoms with van der Waals surface area (Å²) in [5, 5.41) is 10.6. The average molecular weight is 343 g/mol. The van der Waals surface area contributed by atoms with E-state index < -0.39 is 17.2 Å². The van der Waals surface area contributed by atoms with Crippen LogP contribution in [0.4, 0.5) is 5.69 Å². The zero-order chi connectivity index (χ0) is 17.6. The van der Waals surface area contributed by atoms with E-state index >= 15 is 0 Å². The van der Waals surface area contributed by atoms with E-state index in [1.807, 2.05) is 12.2 Å². The van der Waals surface area contributed by atoms with Gasteiger partial charge in [0.1, 0.15) is 12.4 Å². The van der Waals surface area contributed by atoms with Crippen molar-refractivity contribution >= 4 is 17.6 Å². The van der Waals surface area contributed by atoms with Crippen molar-refractivity contribution in [2.45, 2.75) is 6.29 Å². The molecule has 1 aromatic carbocycles. The van der Waals surface area contributed by atoms with Gasteiger partial charge < -0.3 is 14.2 Å². The van der Waals surface area contributed by atoms with Crippen LogP contribution in [0.3, 0.4) is 0 Å². The predicted octanol–water partition coefficient (Wildman–Crippen LogP) is 1.97. The van der Waals surface area contributed by atoms with Gasteiger partial charge in [-0.2, -0.15) is 0 Å². The van der Waals surface area contributed by atoms with E-state index in [2.05, 4.69) is 0 Å². The highest BCUT2D eigenvalue weighted by Gasteiger charge is 2.50. The van der Waals surface area contributed by atoms with Gasteiger partial charge in [-0.3, -0.25) is 14.9 Å². The number of nitro groups is 1. The van der Waals surface area contributed by atoms with Crippen molar-refractivity contribution in [3.05, 3.63) is 63.9 Å². The molecule has 0 radical (unpaired) electrons. The minimum atomic E-state index is -0.689. The molecule has 8 nitrogen and oxygen atoms in total. The minimum Gasteiger partial charge on any atom is -0.455 e. The number of rotatable bonds is 4. The molecule has 0 saturated carbocycles. The summed E-state index contributed by atoms with van der Waals surface area (Å²) < 4.78 is 16.0. The number of allylic oxidation sites excluding steroid dienone is 1. The lowest BCUT2D eigenvalue weighted by Gasteiger charge is -2.38. The minimum absolute atomic E-state index is 0.00294. The Labute approximate surface area is 141 Å². The fourth-order valence-corrected chi connectivity index (χ4v) is 3.27. The molecule has 128 valence electrons. The first-order valence-electron chi connectivity index (χ1n) is 7.71. The molecule has 0 spiro atoms. The molecule has 2 aliphatic heterocycles. The number of esters is 2. The highest BCUT2D eigenvalue weighted by Crippen LogP contribution is 2.44. The number of non-ortho nitro benzene ring substituents is 1. The van der Waals surface area contributed by atoms with Crippen molar-refractivity contribution in [2.24, 2.45) is 17.8 Å². The monoisotopic (exact) mass is 343 g/mol. The predicted molar refractivity (Wildman–Crippen MR) is 82.0 cm³/mol. The molecule has 1 aromatic rings. The van der Waals surface area contributed by atoms with E-state index in [0.717, 1.165) is 0 Å². The van der Waals surface area contributed by atoms with Crippen LogP contribution in [-0.2, 0) is 19.0 Å². The summed E-state index contributed by atoms with van der Waals surface area (Å²) >= 11 is 0. The molecule has 4 rings (SSSR count). The molecular weight excluding hydrogens is 330 g/mol. The van der Waals surface area contributed by atoms with Gasteiger partial charge in [-0.25, -0.2) is 4.79 Å². The maximum Gasteiger partial charge on any atom is 0.338 e. The van der Waals surface area contributed by atoms with Gasteiger partial charge in [0.2, 0.25) is 0 Å². The maximum absolute atomic E-state index is 12.0. The molecule has 8 heteroatoms. The Kier molecular flexibility index (Phi) is 3.52. The van der Waals surface area contributed by atoms with E-state index in [1.54, 1.807) is 6.08 Å². The number of hydrogen-bond donors (Lipinski definition) is 0. The van der Waals surface area contributed by atoms with Crippen LogP contribution in [0, 0.1) is 27.9 Å². The Morgan fingerprint density at radius 1 is 1.16 bits per heavy atom. The zero-order valence-corrected chi connectivity index (χ0v) is 12.9. The van der Waals surface area contributed by atoms with Crippen LogP contribution in [-0.4, -0.2) is 29.8 Å². The molecule has 0 unspecified atom stereocenters. The average Bonchev–Trinajstić information content (AvgIpc) is 2.95. The Hall–Kier alpha value is -3.16.